The summed E-state index contributed by atoms with van der Waals surface area (Å²) in [6.07, 6.45) is 1.43. The highest BCUT2D eigenvalue weighted by molar-refractivity contribution is 5.96. The molecule has 0 atom stereocenters. The van der Waals surface area contributed by atoms with Gasteiger partial charge in [-0.25, -0.2) is 9.97 Å². The molecule has 1 amide bonds. The molecule has 146 valence electrons. The van der Waals surface area contributed by atoms with Gasteiger partial charge >= 0.3 is 6.18 Å². The van der Waals surface area contributed by atoms with Crippen LogP contribution in [0.25, 0.3) is 22.3 Å². The van der Waals surface area contributed by atoms with Gasteiger partial charge in [-0.05, 0) is 30.9 Å². The number of amides is 1. The zero-order valence-electron chi connectivity index (χ0n) is 14.4. The molecular formula is C18H22F3N5O. The first-order valence-corrected chi connectivity index (χ1v) is 8.73. The van der Waals surface area contributed by atoms with Crippen LogP contribution in [0.5, 0.6) is 0 Å². The Hall–Kier alpha value is -2.84. The summed E-state index contributed by atoms with van der Waals surface area (Å²) in [5, 5.41) is 0.808. The summed E-state index contributed by atoms with van der Waals surface area (Å²) in [7, 11) is 0. The third kappa shape index (κ3) is 3.96. The summed E-state index contributed by atoms with van der Waals surface area (Å²) in [6.45, 7) is 0.0293. The molecule has 0 bridgehead atoms. The molecule has 0 saturated heterocycles. The summed E-state index contributed by atoms with van der Waals surface area (Å²) < 4.78 is 37.8. The molecule has 1 fully saturated rings. The van der Waals surface area contributed by atoms with Gasteiger partial charge in [-0.2, -0.15) is 13.2 Å². The average Bonchev–Trinajstić information content (AvgIpc) is 3.11. The van der Waals surface area contributed by atoms with Crippen molar-refractivity contribution in [3.8, 4) is 11.3 Å². The van der Waals surface area contributed by atoms with Gasteiger partial charge in [0.2, 0.25) is 0 Å². The number of nitrogens with zero attached hydrogens (tertiary/aromatic N) is 3. The van der Waals surface area contributed by atoms with Gasteiger partial charge in [-0.3, -0.25) is 4.79 Å². The normalized spacial score (nSPS) is 14.6. The lowest BCUT2D eigenvalue weighted by Gasteiger charge is -2.22. The Morgan fingerprint density at radius 3 is 2.85 bits per heavy atom. The van der Waals surface area contributed by atoms with Crippen molar-refractivity contribution in [1.82, 2.24) is 24.8 Å². The van der Waals surface area contributed by atoms with Crippen molar-refractivity contribution in [2.45, 2.75) is 25.4 Å². The van der Waals surface area contributed by atoms with Crippen LogP contribution >= 0.6 is 0 Å². The van der Waals surface area contributed by atoms with Crippen LogP contribution in [0.15, 0.2) is 30.9 Å². The standard InChI is InChI=1S/C18H18F3N5O.2H2/c19-18(20,21)4-6-26(9-11-1-2-11)17(27)14-7-12(8-23-14)15-13-3-5-22-16(13)25-10-24-15;;/h3,5,7-8,10-11,23H,1-2,4,6,9H2,(H,22,24,25);2*1H. The Labute approximate surface area is 155 Å². The van der Waals surface area contributed by atoms with Gasteiger partial charge in [-0.15, -0.1) is 0 Å². The molecule has 4 rings (SSSR count). The molecule has 3 heterocycles. The van der Waals surface area contributed by atoms with Gasteiger partial charge < -0.3 is 14.9 Å². The molecule has 9 heteroatoms. The van der Waals surface area contributed by atoms with Gasteiger partial charge in [0.25, 0.3) is 5.91 Å². The molecule has 27 heavy (non-hydrogen) atoms. The van der Waals surface area contributed by atoms with E-state index < -0.39 is 18.5 Å². The fourth-order valence-corrected chi connectivity index (χ4v) is 3.08. The summed E-state index contributed by atoms with van der Waals surface area (Å²) >= 11 is 0. The second kappa shape index (κ2) is 6.71. The van der Waals surface area contributed by atoms with E-state index >= 15 is 0 Å². The lowest BCUT2D eigenvalue weighted by atomic mass is 10.1. The molecule has 1 aliphatic carbocycles. The Balaban J connectivity index is 0.00000150. The maximum atomic E-state index is 12.8. The minimum absolute atomic E-state index is 0. The first-order valence-electron chi connectivity index (χ1n) is 8.73. The number of halogens is 3. The van der Waals surface area contributed by atoms with Crippen molar-refractivity contribution in [2.75, 3.05) is 13.1 Å². The van der Waals surface area contributed by atoms with E-state index in [1.165, 1.54) is 11.2 Å². The maximum absolute atomic E-state index is 12.8. The van der Waals surface area contributed by atoms with Crippen molar-refractivity contribution < 1.29 is 20.8 Å². The minimum Gasteiger partial charge on any atom is -0.357 e. The molecule has 0 unspecified atom stereocenters. The number of carbonyl (C=O) groups is 1. The fraction of sp³-hybridized carbons (Fsp3) is 0.389. The molecule has 6 nitrogen and oxygen atoms in total. The molecule has 0 radical (unpaired) electrons. The van der Waals surface area contributed by atoms with E-state index in [0.717, 1.165) is 18.2 Å². The Morgan fingerprint density at radius 2 is 2.11 bits per heavy atom. The van der Waals surface area contributed by atoms with Crippen molar-refractivity contribution in [1.29, 1.82) is 0 Å². The van der Waals surface area contributed by atoms with Crippen molar-refractivity contribution in [3.63, 3.8) is 0 Å². The Morgan fingerprint density at radius 1 is 1.30 bits per heavy atom. The third-order valence-corrected chi connectivity index (χ3v) is 4.67. The molecule has 1 aliphatic rings. The smallest absolute Gasteiger partial charge is 0.357 e. The number of alkyl halides is 3. The molecule has 0 aliphatic heterocycles. The van der Waals surface area contributed by atoms with Crippen LogP contribution in [0.4, 0.5) is 13.2 Å². The van der Waals surface area contributed by atoms with Crippen LogP contribution in [0.1, 0.15) is 32.6 Å². The lowest BCUT2D eigenvalue weighted by Crippen LogP contribution is -2.36. The van der Waals surface area contributed by atoms with E-state index in [0.29, 0.717) is 29.4 Å². The van der Waals surface area contributed by atoms with Gasteiger partial charge in [-0.1, -0.05) is 0 Å². The number of hydrogen-bond acceptors (Lipinski definition) is 3. The highest BCUT2D eigenvalue weighted by Crippen LogP contribution is 2.31. The highest BCUT2D eigenvalue weighted by atomic mass is 19.4. The fourth-order valence-electron chi connectivity index (χ4n) is 3.08. The predicted molar refractivity (Wildman–Crippen MR) is 97.2 cm³/mol. The number of H-pyrrole nitrogens is 2. The van der Waals surface area contributed by atoms with Crippen molar-refractivity contribution in [2.24, 2.45) is 5.92 Å². The summed E-state index contributed by atoms with van der Waals surface area (Å²) in [6, 6.07) is 3.46. The van der Waals surface area contributed by atoms with Crippen molar-refractivity contribution in [3.05, 3.63) is 36.5 Å². The van der Waals surface area contributed by atoms with Crippen LogP contribution in [0.2, 0.25) is 0 Å². The average molecular weight is 381 g/mol. The summed E-state index contributed by atoms with van der Waals surface area (Å²) in [4.78, 5) is 28.3. The van der Waals surface area contributed by atoms with Crippen LogP contribution in [-0.4, -0.2) is 50.0 Å². The second-order valence-electron chi connectivity index (χ2n) is 6.82. The van der Waals surface area contributed by atoms with Crippen LogP contribution in [0.3, 0.4) is 0 Å². The van der Waals surface area contributed by atoms with Gasteiger partial charge in [0.1, 0.15) is 17.7 Å². The Kier molecular flexibility index (Phi) is 4.37. The maximum Gasteiger partial charge on any atom is 0.390 e. The molecule has 3 aromatic heterocycles. The topological polar surface area (TPSA) is 77.7 Å². The van der Waals surface area contributed by atoms with Crippen LogP contribution in [0, 0.1) is 5.92 Å². The van der Waals surface area contributed by atoms with E-state index in [4.69, 9.17) is 0 Å². The lowest BCUT2D eigenvalue weighted by molar-refractivity contribution is -0.136. The molecular weight excluding hydrogens is 359 g/mol. The SMILES string of the molecule is O=C(c1cc(-c2ncnc3[nH]ccc23)c[nH]1)N(CCC(F)(F)F)CC1CC1.[HH].[HH]. The highest BCUT2D eigenvalue weighted by Gasteiger charge is 2.32. The number of carbonyl (C=O) groups excluding carboxylic acids is 1. The zero-order chi connectivity index (χ0) is 19.0. The first kappa shape index (κ1) is 17.6. The van der Waals surface area contributed by atoms with Gasteiger partial charge in [0, 0.05) is 39.3 Å². The van der Waals surface area contributed by atoms with Gasteiger partial charge in [0.05, 0.1) is 12.1 Å². The Bertz CT molecular complexity index is 968. The van der Waals surface area contributed by atoms with E-state index in [1.807, 2.05) is 6.07 Å². The molecule has 3 aromatic rings. The zero-order valence-corrected chi connectivity index (χ0v) is 14.4. The van der Waals surface area contributed by atoms with Gasteiger partial charge in [0.15, 0.2) is 0 Å². The third-order valence-electron chi connectivity index (χ3n) is 4.67. The summed E-state index contributed by atoms with van der Waals surface area (Å²) in [5.74, 6) is -0.116. The second-order valence-corrected chi connectivity index (χ2v) is 6.82. The predicted octanol–water partition coefficient (Wildman–Crippen LogP) is 4.25. The monoisotopic (exact) mass is 381 g/mol. The number of fused-ring (bicyclic) bond motifs is 1. The quantitative estimate of drug-likeness (QED) is 0.670. The first-order chi connectivity index (χ1) is 12.9. The molecule has 0 spiro atoms. The van der Waals surface area contributed by atoms with Crippen molar-refractivity contribution >= 4 is 16.9 Å². The number of aromatic nitrogens is 4. The number of hydrogen-bond donors (Lipinski definition) is 2. The van der Waals surface area contributed by atoms with E-state index in [-0.39, 0.29) is 15.1 Å². The molecule has 2 N–H and O–H groups in total. The van der Waals surface area contributed by atoms with E-state index in [1.54, 1.807) is 18.5 Å². The molecule has 1 saturated carbocycles. The number of aromatic amines is 2. The van der Waals surface area contributed by atoms with E-state index in [9.17, 15) is 18.0 Å². The van der Waals surface area contributed by atoms with Crippen LogP contribution < -0.4 is 0 Å². The number of nitrogens with one attached hydrogen (secondary N) is 2. The molecule has 0 aromatic carbocycles. The van der Waals surface area contributed by atoms with E-state index in [2.05, 4.69) is 19.9 Å². The minimum atomic E-state index is -4.29. The van der Waals surface area contributed by atoms with Crippen LogP contribution in [-0.2, 0) is 0 Å². The number of rotatable bonds is 6. The summed E-state index contributed by atoms with van der Waals surface area (Å²) in [5.41, 5.74) is 2.28. The largest absolute Gasteiger partial charge is 0.390 e.